The second-order valence-electron chi connectivity index (χ2n) is 3.09. The maximum Gasteiger partial charge on any atom is 0.187 e. The molecule has 0 aromatic heterocycles. The highest BCUT2D eigenvalue weighted by molar-refractivity contribution is 6.04. The third-order valence-electron chi connectivity index (χ3n) is 1.63. The lowest BCUT2D eigenvalue weighted by molar-refractivity contribution is 0.104. The van der Waals surface area contributed by atoms with E-state index in [0.717, 1.165) is 0 Å². The van der Waals surface area contributed by atoms with Gasteiger partial charge in [-0.3, -0.25) is 4.79 Å². The first-order valence-corrected chi connectivity index (χ1v) is 4.39. The molecule has 14 heavy (non-hydrogen) atoms. The average Bonchev–Trinajstić information content (AvgIpc) is 2.18. The van der Waals surface area contributed by atoms with Crippen molar-refractivity contribution in [3.05, 3.63) is 48.2 Å². The van der Waals surface area contributed by atoms with Crippen LogP contribution >= 0.6 is 0 Å². The molecule has 0 atom stereocenters. The fourth-order valence-corrected chi connectivity index (χ4v) is 0.961. The Labute approximate surface area is 84.0 Å². The molecule has 74 valence electrons. The fourth-order valence-electron chi connectivity index (χ4n) is 0.961. The van der Waals surface area contributed by atoms with Crippen LogP contribution in [-0.2, 0) is 0 Å². The van der Waals surface area contributed by atoms with Crippen LogP contribution < -0.4 is 5.43 Å². The molecule has 1 N–H and O–H groups in total. The Morgan fingerprint density at radius 2 is 1.93 bits per heavy atom. The first-order chi connectivity index (χ1) is 6.70. The monoisotopic (exact) mass is 190 g/mol. The second-order valence-corrected chi connectivity index (χ2v) is 3.09. The van der Waals surface area contributed by atoms with E-state index in [-0.39, 0.29) is 5.78 Å². The molecule has 0 amide bonds. The maximum absolute atomic E-state index is 11.5. The lowest BCUT2D eigenvalue weighted by Gasteiger charge is -2.07. The number of hydrogen-bond donors (Lipinski definition) is 1. The zero-order valence-corrected chi connectivity index (χ0v) is 8.40. The number of hydrazine groups is 1. The van der Waals surface area contributed by atoms with Crippen molar-refractivity contribution >= 4 is 5.78 Å². The van der Waals surface area contributed by atoms with E-state index in [1.165, 1.54) is 6.08 Å². The quantitative estimate of drug-likeness (QED) is 0.443. The number of nitrogens with zero attached hydrogens (tertiary/aromatic N) is 1. The Morgan fingerprint density at radius 1 is 1.29 bits per heavy atom. The molecule has 0 saturated heterocycles. The van der Waals surface area contributed by atoms with E-state index in [4.69, 9.17) is 0 Å². The van der Waals surface area contributed by atoms with E-state index in [1.54, 1.807) is 23.3 Å². The second kappa shape index (κ2) is 5.19. The molecule has 3 nitrogen and oxygen atoms in total. The van der Waals surface area contributed by atoms with Gasteiger partial charge in [-0.25, -0.2) is 5.01 Å². The largest absolute Gasteiger partial charge is 0.327 e. The van der Waals surface area contributed by atoms with Gasteiger partial charge in [0.1, 0.15) is 0 Å². The van der Waals surface area contributed by atoms with Crippen molar-refractivity contribution < 1.29 is 4.79 Å². The van der Waals surface area contributed by atoms with Gasteiger partial charge in [-0.05, 0) is 0 Å². The lowest BCUT2D eigenvalue weighted by Crippen LogP contribution is -2.24. The van der Waals surface area contributed by atoms with E-state index < -0.39 is 0 Å². The van der Waals surface area contributed by atoms with Gasteiger partial charge in [0, 0.05) is 31.9 Å². The molecule has 3 heteroatoms. The first kappa shape index (κ1) is 10.5. The standard InChI is InChI=1S/C11H14N2O/c1-13(2)12-9-8-11(14)10-6-4-3-5-7-10/h3-9,12H,1-2H3/b9-8-. The van der Waals surface area contributed by atoms with Crippen molar-refractivity contribution in [2.24, 2.45) is 0 Å². The molecule has 0 aliphatic rings. The van der Waals surface area contributed by atoms with Gasteiger partial charge in [0.25, 0.3) is 0 Å². The zero-order valence-electron chi connectivity index (χ0n) is 8.40. The van der Waals surface area contributed by atoms with Gasteiger partial charge in [0.2, 0.25) is 0 Å². The molecule has 0 radical (unpaired) electrons. The first-order valence-electron chi connectivity index (χ1n) is 4.39. The van der Waals surface area contributed by atoms with Gasteiger partial charge in [-0.1, -0.05) is 30.3 Å². The van der Waals surface area contributed by atoms with Gasteiger partial charge >= 0.3 is 0 Å². The van der Waals surface area contributed by atoms with Crippen LogP contribution in [-0.4, -0.2) is 24.9 Å². The molecule has 0 spiro atoms. The van der Waals surface area contributed by atoms with Crippen LogP contribution in [0.4, 0.5) is 0 Å². The Kier molecular flexibility index (Phi) is 3.88. The van der Waals surface area contributed by atoms with Crippen LogP contribution in [0.5, 0.6) is 0 Å². The molecule has 0 heterocycles. The highest BCUT2D eigenvalue weighted by Crippen LogP contribution is 1.99. The molecule has 0 bridgehead atoms. The van der Waals surface area contributed by atoms with Crippen molar-refractivity contribution in [1.29, 1.82) is 0 Å². The molecule has 0 aliphatic carbocycles. The molecule has 1 rings (SSSR count). The number of nitrogens with one attached hydrogen (secondary N) is 1. The summed E-state index contributed by atoms with van der Waals surface area (Å²) in [6.07, 6.45) is 3.13. The van der Waals surface area contributed by atoms with Crippen molar-refractivity contribution in [2.45, 2.75) is 0 Å². The van der Waals surface area contributed by atoms with Gasteiger partial charge in [0.15, 0.2) is 5.78 Å². The molecule has 0 saturated carbocycles. The number of rotatable bonds is 4. The molecule has 1 aromatic carbocycles. The van der Waals surface area contributed by atoms with E-state index in [2.05, 4.69) is 5.43 Å². The fraction of sp³-hybridized carbons (Fsp3) is 0.182. The number of allylic oxidation sites excluding steroid dienone is 1. The summed E-state index contributed by atoms with van der Waals surface area (Å²) in [4.78, 5) is 11.5. The number of ketones is 1. The van der Waals surface area contributed by atoms with Crippen LogP contribution in [0.1, 0.15) is 10.4 Å². The Hall–Kier alpha value is -1.61. The third kappa shape index (κ3) is 3.41. The van der Waals surface area contributed by atoms with Crippen molar-refractivity contribution in [1.82, 2.24) is 10.4 Å². The van der Waals surface area contributed by atoms with E-state index in [9.17, 15) is 4.79 Å². The Balaban J connectivity index is 2.55. The van der Waals surface area contributed by atoms with Crippen LogP contribution in [0.25, 0.3) is 0 Å². The normalized spacial score (nSPS) is 10.8. The summed E-state index contributed by atoms with van der Waals surface area (Å²) in [5.41, 5.74) is 3.58. The molecule has 0 unspecified atom stereocenters. The number of carbonyl (C=O) groups excluding carboxylic acids is 1. The maximum atomic E-state index is 11.5. The molecule has 1 aromatic rings. The molecule has 0 fully saturated rings. The minimum absolute atomic E-state index is 0.0000463. The zero-order chi connectivity index (χ0) is 10.4. The number of hydrogen-bond acceptors (Lipinski definition) is 3. The SMILES string of the molecule is CN(C)N/C=C\C(=O)c1ccccc1. The van der Waals surface area contributed by atoms with Gasteiger partial charge in [-0.2, -0.15) is 0 Å². The van der Waals surface area contributed by atoms with Crippen molar-refractivity contribution in [2.75, 3.05) is 14.1 Å². The number of carbonyl (C=O) groups is 1. The van der Waals surface area contributed by atoms with Crippen molar-refractivity contribution in [3.8, 4) is 0 Å². The van der Waals surface area contributed by atoms with Crippen molar-refractivity contribution in [3.63, 3.8) is 0 Å². The van der Waals surface area contributed by atoms with E-state index in [0.29, 0.717) is 5.56 Å². The summed E-state index contributed by atoms with van der Waals surface area (Å²) in [7, 11) is 3.72. The van der Waals surface area contributed by atoms with E-state index >= 15 is 0 Å². The lowest BCUT2D eigenvalue weighted by atomic mass is 10.1. The average molecular weight is 190 g/mol. The van der Waals surface area contributed by atoms with Gasteiger partial charge in [0.05, 0.1) is 0 Å². The minimum atomic E-state index is -0.0000463. The summed E-state index contributed by atoms with van der Waals surface area (Å²) >= 11 is 0. The van der Waals surface area contributed by atoms with Crippen LogP contribution in [0.15, 0.2) is 42.6 Å². The summed E-state index contributed by atoms with van der Waals surface area (Å²) in [5.74, 6) is -0.0000463. The smallest absolute Gasteiger partial charge is 0.187 e. The number of benzene rings is 1. The summed E-state index contributed by atoms with van der Waals surface area (Å²) in [6, 6.07) is 9.17. The van der Waals surface area contributed by atoms with Crippen LogP contribution in [0.3, 0.4) is 0 Å². The Morgan fingerprint density at radius 3 is 2.50 bits per heavy atom. The minimum Gasteiger partial charge on any atom is -0.327 e. The van der Waals surface area contributed by atoms with Gasteiger partial charge in [-0.15, -0.1) is 0 Å². The highest BCUT2D eigenvalue weighted by atomic mass is 16.1. The molecular formula is C11H14N2O. The summed E-state index contributed by atoms with van der Waals surface area (Å²) in [6.45, 7) is 0. The van der Waals surface area contributed by atoms with Gasteiger partial charge < -0.3 is 5.43 Å². The highest BCUT2D eigenvalue weighted by Gasteiger charge is 1.98. The third-order valence-corrected chi connectivity index (χ3v) is 1.63. The Bertz CT molecular complexity index is 317. The van der Waals surface area contributed by atoms with Crippen LogP contribution in [0.2, 0.25) is 0 Å². The predicted molar refractivity (Wildman–Crippen MR) is 56.7 cm³/mol. The van der Waals surface area contributed by atoms with E-state index in [1.807, 2.05) is 32.3 Å². The molecular weight excluding hydrogens is 176 g/mol. The summed E-state index contributed by atoms with van der Waals surface area (Å²) in [5, 5.41) is 1.76. The van der Waals surface area contributed by atoms with Crippen LogP contribution in [0, 0.1) is 0 Å². The topological polar surface area (TPSA) is 32.3 Å². The predicted octanol–water partition coefficient (Wildman–Crippen LogP) is 1.45. The molecule has 0 aliphatic heterocycles. The summed E-state index contributed by atoms with van der Waals surface area (Å²) < 4.78 is 0.